The van der Waals surface area contributed by atoms with Gasteiger partial charge in [0.15, 0.2) is 0 Å². The summed E-state index contributed by atoms with van der Waals surface area (Å²) in [6, 6.07) is 18.5. The van der Waals surface area contributed by atoms with E-state index in [1.165, 1.54) is 37.3 Å². The molecular weight excluding hydrogens is 398 g/mol. The SMILES string of the molecule is CC(=O)Nc1ccc(/C=C/C(=O)NC(Cc2cccc(F)c2)c2cccc(F)c2)cc1. The molecule has 3 aromatic rings. The van der Waals surface area contributed by atoms with Crippen LogP contribution in [0.4, 0.5) is 14.5 Å². The van der Waals surface area contributed by atoms with Crippen LogP contribution in [0.2, 0.25) is 0 Å². The molecule has 2 amide bonds. The first kappa shape index (κ1) is 21.9. The van der Waals surface area contributed by atoms with Gasteiger partial charge in [0, 0.05) is 18.7 Å². The highest BCUT2D eigenvalue weighted by atomic mass is 19.1. The van der Waals surface area contributed by atoms with Crippen LogP contribution in [0.15, 0.2) is 78.9 Å². The minimum absolute atomic E-state index is 0.163. The first-order valence-corrected chi connectivity index (χ1v) is 9.75. The summed E-state index contributed by atoms with van der Waals surface area (Å²) in [6.45, 7) is 1.43. The van der Waals surface area contributed by atoms with E-state index in [2.05, 4.69) is 10.6 Å². The Labute approximate surface area is 179 Å². The van der Waals surface area contributed by atoms with Crippen LogP contribution in [-0.2, 0) is 16.0 Å². The Hall–Kier alpha value is -3.80. The number of halogens is 2. The van der Waals surface area contributed by atoms with Crippen molar-refractivity contribution in [3.63, 3.8) is 0 Å². The van der Waals surface area contributed by atoms with Crippen LogP contribution in [0.1, 0.15) is 29.7 Å². The summed E-state index contributed by atoms with van der Waals surface area (Å²) in [7, 11) is 0. The Balaban J connectivity index is 1.73. The summed E-state index contributed by atoms with van der Waals surface area (Å²) in [5, 5.41) is 5.54. The van der Waals surface area contributed by atoms with Crippen molar-refractivity contribution in [2.24, 2.45) is 0 Å². The van der Waals surface area contributed by atoms with Gasteiger partial charge in [0.1, 0.15) is 11.6 Å². The van der Waals surface area contributed by atoms with Gasteiger partial charge in [0.05, 0.1) is 6.04 Å². The molecule has 0 aliphatic rings. The molecule has 0 fully saturated rings. The Kier molecular flexibility index (Phi) is 7.27. The highest BCUT2D eigenvalue weighted by Crippen LogP contribution is 2.20. The number of amides is 2. The van der Waals surface area contributed by atoms with Gasteiger partial charge in [-0.1, -0.05) is 36.4 Å². The normalized spacial score (nSPS) is 11.8. The zero-order valence-electron chi connectivity index (χ0n) is 16.9. The number of rotatable bonds is 7. The van der Waals surface area contributed by atoms with Crippen molar-refractivity contribution in [2.45, 2.75) is 19.4 Å². The molecule has 0 aromatic heterocycles. The van der Waals surface area contributed by atoms with E-state index in [-0.39, 0.29) is 17.6 Å². The van der Waals surface area contributed by atoms with Crippen molar-refractivity contribution in [1.29, 1.82) is 0 Å². The molecule has 3 rings (SSSR count). The third-order valence-corrected chi connectivity index (χ3v) is 4.55. The predicted molar refractivity (Wildman–Crippen MR) is 117 cm³/mol. The number of anilines is 1. The molecule has 6 heteroatoms. The van der Waals surface area contributed by atoms with Crippen LogP contribution in [0.3, 0.4) is 0 Å². The van der Waals surface area contributed by atoms with Crippen LogP contribution in [0.25, 0.3) is 6.08 Å². The third kappa shape index (κ3) is 6.89. The van der Waals surface area contributed by atoms with Crippen molar-refractivity contribution in [2.75, 3.05) is 5.32 Å². The number of hydrogen-bond donors (Lipinski definition) is 2. The van der Waals surface area contributed by atoms with Crippen molar-refractivity contribution >= 4 is 23.6 Å². The van der Waals surface area contributed by atoms with E-state index in [1.54, 1.807) is 54.6 Å². The van der Waals surface area contributed by atoms with Gasteiger partial charge >= 0.3 is 0 Å². The molecular formula is C25H22F2N2O2. The van der Waals surface area contributed by atoms with E-state index in [0.717, 1.165) is 5.56 Å². The lowest BCUT2D eigenvalue weighted by molar-refractivity contribution is -0.117. The van der Waals surface area contributed by atoms with Crippen molar-refractivity contribution in [3.8, 4) is 0 Å². The van der Waals surface area contributed by atoms with Gasteiger partial charge in [0.25, 0.3) is 0 Å². The molecule has 0 bridgehead atoms. The summed E-state index contributed by atoms with van der Waals surface area (Å²) >= 11 is 0. The lowest BCUT2D eigenvalue weighted by Gasteiger charge is -2.19. The zero-order valence-corrected chi connectivity index (χ0v) is 16.9. The molecule has 3 aromatic carbocycles. The smallest absolute Gasteiger partial charge is 0.244 e. The molecule has 0 radical (unpaired) electrons. The molecule has 0 heterocycles. The van der Waals surface area contributed by atoms with Gasteiger partial charge in [0.2, 0.25) is 11.8 Å². The Morgan fingerprint density at radius 1 is 0.935 bits per heavy atom. The summed E-state index contributed by atoms with van der Waals surface area (Å²) in [5.74, 6) is -1.31. The van der Waals surface area contributed by atoms with Gasteiger partial charge in [-0.15, -0.1) is 0 Å². The zero-order chi connectivity index (χ0) is 22.2. The fraction of sp³-hybridized carbons (Fsp3) is 0.120. The molecule has 2 N–H and O–H groups in total. The maximum Gasteiger partial charge on any atom is 0.244 e. The van der Waals surface area contributed by atoms with Crippen LogP contribution in [0, 0.1) is 11.6 Å². The highest BCUT2D eigenvalue weighted by Gasteiger charge is 2.15. The quantitative estimate of drug-likeness (QED) is 0.527. The molecule has 0 aliphatic heterocycles. The number of hydrogen-bond acceptors (Lipinski definition) is 2. The molecule has 1 atom stereocenters. The molecule has 31 heavy (non-hydrogen) atoms. The summed E-state index contributed by atoms with van der Waals surface area (Å²) in [4.78, 5) is 23.6. The van der Waals surface area contributed by atoms with Gasteiger partial charge < -0.3 is 10.6 Å². The van der Waals surface area contributed by atoms with E-state index in [0.29, 0.717) is 23.2 Å². The molecule has 158 valence electrons. The monoisotopic (exact) mass is 420 g/mol. The summed E-state index contributed by atoms with van der Waals surface area (Å²) in [5.41, 5.74) is 2.71. The Morgan fingerprint density at radius 2 is 1.61 bits per heavy atom. The van der Waals surface area contributed by atoms with E-state index < -0.39 is 11.9 Å². The average Bonchev–Trinajstić information content (AvgIpc) is 2.72. The average molecular weight is 420 g/mol. The first-order valence-electron chi connectivity index (χ1n) is 9.75. The van der Waals surface area contributed by atoms with E-state index in [1.807, 2.05) is 0 Å². The first-order chi connectivity index (χ1) is 14.9. The van der Waals surface area contributed by atoms with E-state index in [9.17, 15) is 18.4 Å². The number of nitrogens with one attached hydrogen (secondary N) is 2. The van der Waals surface area contributed by atoms with Crippen LogP contribution in [-0.4, -0.2) is 11.8 Å². The second-order valence-electron chi connectivity index (χ2n) is 7.09. The topological polar surface area (TPSA) is 58.2 Å². The van der Waals surface area contributed by atoms with Crippen LogP contribution in [0.5, 0.6) is 0 Å². The predicted octanol–water partition coefficient (Wildman–Crippen LogP) is 5.04. The highest BCUT2D eigenvalue weighted by molar-refractivity contribution is 5.92. The van der Waals surface area contributed by atoms with Gasteiger partial charge in [-0.25, -0.2) is 8.78 Å². The lowest BCUT2D eigenvalue weighted by atomic mass is 9.98. The third-order valence-electron chi connectivity index (χ3n) is 4.55. The van der Waals surface area contributed by atoms with Gasteiger partial charge in [-0.05, 0) is 65.6 Å². The largest absolute Gasteiger partial charge is 0.345 e. The fourth-order valence-corrected chi connectivity index (χ4v) is 3.15. The minimum Gasteiger partial charge on any atom is -0.345 e. The standard InChI is InChI=1S/C25H22F2N2O2/c1-17(30)28-23-11-8-18(9-12-23)10-13-25(31)29-24(20-5-3-7-22(27)16-20)15-19-4-2-6-21(26)14-19/h2-14,16,24H,15H2,1H3,(H,28,30)(H,29,31)/b13-10+. The summed E-state index contributed by atoms with van der Waals surface area (Å²) in [6.07, 6.45) is 3.33. The van der Waals surface area contributed by atoms with Gasteiger partial charge in [-0.2, -0.15) is 0 Å². The van der Waals surface area contributed by atoms with Crippen molar-refractivity contribution < 1.29 is 18.4 Å². The lowest BCUT2D eigenvalue weighted by Crippen LogP contribution is -2.28. The van der Waals surface area contributed by atoms with E-state index in [4.69, 9.17) is 0 Å². The second kappa shape index (κ2) is 10.3. The van der Waals surface area contributed by atoms with Gasteiger partial charge in [-0.3, -0.25) is 9.59 Å². The molecule has 1 unspecified atom stereocenters. The van der Waals surface area contributed by atoms with Crippen LogP contribution < -0.4 is 10.6 Å². The van der Waals surface area contributed by atoms with E-state index >= 15 is 0 Å². The maximum atomic E-state index is 13.7. The second-order valence-corrected chi connectivity index (χ2v) is 7.09. The molecule has 0 spiro atoms. The minimum atomic E-state index is -0.531. The molecule has 0 saturated carbocycles. The Morgan fingerprint density at radius 3 is 2.26 bits per heavy atom. The van der Waals surface area contributed by atoms with Crippen molar-refractivity contribution in [3.05, 3.63) is 107 Å². The molecule has 0 saturated heterocycles. The Bertz CT molecular complexity index is 1090. The molecule has 4 nitrogen and oxygen atoms in total. The van der Waals surface area contributed by atoms with Crippen molar-refractivity contribution in [1.82, 2.24) is 5.32 Å². The number of benzene rings is 3. The number of carbonyl (C=O) groups excluding carboxylic acids is 2. The molecule has 0 aliphatic carbocycles. The fourth-order valence-electron chi connectivity index (χ4n) is 3.15. The van der Waals surface area contributed by atoms with Crippen LogP contribution >= 0.6 is 0 Å². The maximum absolute atomic E-state index is 13.7. The number of carbonyl (C=O) groups is 2. The summed E-state index contributed by atoms with van der Waals surface area (Å²) < 4.78 is 27.3.